The molecular formula is C14H17N5. The van der Waals surface area contributed by atoms with Gasteiger partial charge in [-0.15, -0.1) is 0 Å². The molecule has 1 aromatic carbocycles. The van der Waals surface area contributed by atoms with Crippen molar-refractivity contribution in [2.75, 3.05) is 5.73 Å². The summed E-state index contributed by atoms with van der Waals surface area (Å²) >= 11 is 0. The minimum Gasteiger partial charge on any atom is -0.399 e. The van der Waals surface area contributed by atoms with Gasteiger partial charge in [-0.25, -0.2) is 9.97 Å². The third kappa shape index (κ3) is 2.31. The van der Waals surface area contributed by atoms with Crippen molar-refractivity contribution in [2.45, 2.75) is 26.4 Å². The summed E-state index contributed by atoms with van der Waals surface area (Å²) in [5, 5.41) is 0. The fourth-order valence-corrected chi connectivity index (χ4v) is 2.38. The standard InChI is InChI=1S/C14H17N5/c1-11-17-13-9-12(15)3-4-14(13)19(11)7-2-6-18-8-5-16-10-18/h3-5,8-10H,2,6-7,15H2,1H3. The lowest BCUT2D eigenvalue weighted by molar-refractivity contribution is 0.563. The lowest BCUT2D eigenvalue weighted by Crippen LogP contribution is -2.04. The van der Waals surface area contributed by atoms with Crippen molar-refractivity contribution in [1.29, 1.82) is 0 Å². The Bertz CT molecular complexity index is 681. The molecule has 0 spiro atoms. The number of anilines is 1. The molecule has 2 heterocycles. The van der Waals surface area contributed by atoms with Gasteiger partial charge in [-0.1, -0.05) is 0 Å². The zero-order chi connectivity index (χ0) is 13.2. The largest absolute Gasteiger partial charge is 0.399 e. The first-order valence-corrected chi connectivity index (χ1v) is 6.42. The van der Waals surface area contributed by atoms with Gasteiger partial charge in [0.1, 0.15) is 5.82 Å². The van der Waals surface area contributed by atoms with Gasteiger partial charge in [0.05, 0.1) is 17.4 Å². The second-order valence-electron chi connectivity index (χ2n) is 4.71. The molecule has 0 aliphatic rings. The van der Waals surface area contributed by atoms with Gasteiger partial charge >= 0.3 is 0 Å². The number of rotatable bonds is 4. The van der Waals surface area contributed by atoms with Crippen LogP contribution in [0.3, 0.4) is 0 Å². The molecule has 2 aromatic heterocycles. The summed E-state index contributed by atoms with van der Waals surface area (Å²) < 4.78 is 4.33. The molecular weight excluding hydrogens is 238 g/mol. The van der Waals surface area contributed by atoms with Crippen molar-refractivity contribution >= 4 is 16.7 Å². The molecule has 19 heavy (non-hydrogen) atoms. The lowest BCUT2D eigenvalue weighted by Gasteiger charge is -2.07. The highest BCUT2D eigenvalue weighted by Crippen LogP contribution is 2.19. The molecule has 3 aromatic rings. The number of nitrogens with zero attached hydrogens (tertiary/aromatic N) is 4. The first-order valence-electron chi connectivity index (χ1n) is 6.42. The molecule has 0 radical (unpaired) electrons. The van der Waals surface area contributed by atoms with Crippen molar-refractivity contribution in [3.8, 4) is 0 Å². The highest BCUT2D eigenvalue weighted by atomic mass is 15.1. The van der Waals surface area contributed by atoms with Crippen LogP contribution in [0.4, 0.5) is 5.69 Å². The Morgan fingerprint density at radius 3 is 2.95 bits per heavy atom. The maximum absolute atomic E-state index is 5.79. The molecule has 0 fully saturated rings. The van der Waals surface area contributed by atoms with Crippen LogP contribution in [0.2, 0.25) is 0 Å². The van der Waals surface area contributed by atoms with Crippen LogP contribution in [-0.4, -0.2) is 19.1 Å². The smallest absolute Gasteiger partial charge is 0.106 e. The topological polar surface area (TPSA) is 61.7 Å². The molecule has 2 N–H and O–H groups in total. The first-order chi connectivity index (χ1) is 9.24. The normalized spacial score (nSPS) is 11.2. The molecule has 98 valence electrons. The van der Waals surface area contributed by atoms with Gasteiger partial charge in [-0.2, -0.15) is 0 Å². The second-order valence-corrected chi connectivity index (χ2v) is 4.71. The number of hydrogen-bond acceptors (Lipinski definition) is 3. The van der Waals surface area contributed by atoms with Gasteiger partial charge in [0, 0.05) is 31.2 Å². The third-order valence-corrected chi connectivity index (χ3v) is 3.32. The van der Waals surface area contributed by atoms with Gasteiger partial charge < -0.3 is 14.9 Å². The molecule has 0 atom stereocenters. The van der Waals surface area contributed by atoms with E-state index in [9.17, 15) is 0 Å². The van der Waals surface area contributed by atoms with E-state index in [-0.39, 0.29) is 0 Å². The van der Waals surface area contributed by atoms with Crippen molar-refractivity contribution in [3.63, 3.8) is 0 Å². The second kappa shape index (κ2) is 4.76. The van der Waals surface area contributed by atoms with Crippen molar-refractivity contribution in [2.24, 2.45) is 0 Å². The van der Waals surface area contributed by atoms with Crippen molar-refractivity contribution < 1.29 is 0 Å². The van der Waals surface area contributed by atoms with Gasteiger partial charge in [0.25, 0.3) is 0 Å². The zero-order valence-electron chi connectivity index (χ0n) is 11.0. The average molecular weight is 255 g/mol. The Morgan fingerprint density at radius 2 is 2.16 bits per heavy atom. The van der Waals surface area contributed by atoms with Crippen LogP contribution in [0, 0.1) is 6.92 Å². The SMILES string of the molecule is Cc1nc2cc(N)ccc2n1CCCn1ccnc1. The van der Waals surface area contributed by atoms with E-state index < -0.39 is 0 Å². The Labute approximate surface area is 111 Å². The molecule has 0 saturated carbocycles. The van der Waals surface area contributed by atoms with E-state index in [1.54, 1.807) is 6.20 Å². The van der Waals surface area contributed by atoms with Crippen LogP contribution in [0.15, 0.2) is 36.9 Å². The first kappa shape index (κ1) is 11.8. The molecule has 0 saturated heterocycles. The molecule has 0 bridgehead atoms. The van der Waals surface area contributed by atoms with Gasteiger partial charge in [0.2, 0.25) is 0 Å². The highest BCUT2D eigenvalue weighted by Gasteiger charge is 2.07. The van der Waals surface area contributed by atoms with E-state index in [0.29, 0.717) is 0 Å². The van der Waals surface area contributed by atoms with E-state index in [0.717, 1.165) is 42.1 Å². The van der Waals surface area contributed by atoms with Crippen LogP contribution in [-0.2, 0) is 13.1 Å². The number of aromatic nitrogens is 4. The lowest BCUT2D eigenvalue weighted by atomic mass is 10.3. The van der Waals surface area contributed by atoms with Crippen molar-refractivity contribution in [1.82, 2.24) is 19.1 Å². The van der Waals surface area contributed by atoms with Crippen LogP contribution in [0.1, 0.15) is 12.2 Å². The van der Waals surface area contributed by atoms with E-state index in [4.69, 9.17) is 5.73 Å². The molecule has 0 amide bonds. The van der Waals surface area contributed by atoms with E-state index in [1.165, 1.54) is 0 Å². The number of imidazole rings is 2. The minimum absolute atomic E-state index is 0.760. The number of benzene rings is 1. The summed E-state index contributed by atoms with van der Waals surface area (Å²) in [5.74, 6) is 1.03. The molecule has 0 aliphatic carbocycles. The Kier molecular flexibility index (Phi) is 2.95. The molecule has 0 unspecified atom stereocenters. The van der Waals surface area contributed by atoms with Crippen LogP contribution in [0.25, 0.3) is 11.0 Å². The van der Waals surface area contributed by atoms with Crippen LogP contribution >= 0.6 is 0 Å². The van der Waals surface area contributed by atoms with Crippen LogP contribution in [0.5, 0.6) is 0 Å². The monoisotopic (exact) mass is 255 g/mol. The Morgan fingerprint density at radius 1 is 1.26 bits per heavy atom. The summed E-state index contributed by atoms with van der Waals surface area (Å²) in [6, 6.07) is 5.90. The Hall–Kier alpha value is -2.30. The quantitative estimate of drug-likeness (QED) is 0.727. The van der Waals surface area contributed by atoms with Crippen molar-refractivity contribution in [3.05, 3.63) is 42.7 Å². The predicted molar refractivity (Wildman–Crippen MR) is 75.7 cm³/mol. The van der Waals surface area contributed by atoms with Gasteiger partial charge in [0.15, 0.2) is 0 Å². The average Bonchev–Trinajstić information content (AvgIpc) is 2.98. The number of aryl methyl sites for hydroxylation is 3. The summed E-state index contributed by atoms with van der Waals surface area (Å²) in [6.07, 6.45) is 6.69. The predicted octanol–water partition coefficient (Wildman–Crippen LogP) is 2.21. The summed E-state index contributed by atoms with van der Waals surface area (Å²) in [4.78, 5) is 8.60. The number of fused-ring (bicyclic) bond motifs is 1. The minimum atomic E-state index is 0.760. The van der Waals surface area contributed by atoms with Crippen LogP contribution < -0.4 is 5.73 Å². The third-order valence-electron chi connectivity index (χ3n) is 3.32. The summed E-state index contributed by atoms with van der Waals surface area (Å²) in [6.45, 7) is 3.95. The molecule has 3 rings (SSSR count). The maximum atomic E-state index is 5.79. The Balaban J connectivity index is 1.78. The molecule has 5 heteroatoms. The maximum Gasteiger partial charge on any atom is 0.106 e. The van der Waals surface area contributed by atoms with Gasteiger partial charge in [-0.05, 0) is 31.5 Å². The number of nitrogens with two attached hydrogens (primary N) is 1. The number of nitrogen functional groups attached to an aromatic ring is 1. The van der Waals surface area contributed by atoms with E-state index in [1.807, 2.05) is 37.6 Å². The zero-order valence-corrected chi connectivity index (χ0v) is 11.0. The summed E-state index contributed by atoms with van der Waals surface area (Å²) in [5.41, 5.74) is 8.67. The fraction of sp³-hybridized carbons (Fsp3) is 0.286. The van der Waals surface area contributed by atoms with E-state index in [2.05, 4.69) is 19.1 Å². The molecule has 0 aliphatic heterocycles. The fourth-order valence-electron chi connectivity index (χ4n) is 2.38. The summed E-state index contributed by atoms with van der Waals surface area (Å²) in [7, 11) is 0. The highest BCUT2D eigenvalue weighted by molar-refractivity contribution is 5.79. The van der Waals surface area contributed by atoms with Gasteiger partial charge in [-0.3, -0.25) is 0 Å². The van der Waals surface area contributed by atoms with E-state index >= 15 is 0 Å². The molecule has 5 nitrogen and oxygen atoms in total. The number of hydrogen-bond donors (Lipinski definition) is 1.